The van der Waals surface area contributed by atoms with Crippen molar-refractivity contribution in [2.75, 3.05) is 5.32 Å². The van der Waals surface area contributed by atoms with E-state index in [1.54, 1.807) is 44.2 Å². The van der Waals surface area contributed by atoms with E-state index in [2.05, 4.69) is 15.5 Å². The molecule has 0 atom stereocenters. The molecule has 0 aliphatic heterocycles. The van der Waals surface area contributed by atoms with Gasteiger partial charge in [0, 0.05) is 5.56 Å². The van der Waals surface area contributed by atoms with Crippen LogP contribution in [0.3, 0.4) is 0 Å². The lowest BCUT2D eigenvalue weighted by Gasteiger charge is -2.25. The summed E-state index contributed by atoms with van der Waals surface area (Å²) in [6.07, 6.45) is 1.40. The largest absolute Gasteiger partial charge is 0.459 e. The number of thiophene rings is 1. The first-order chi connectivity index (χ1) is 13.8. The van der Waals surface area contributed by atoms with Crippen molar-refractivity contribution >= 4 is 39.2 Å². The fourth-order valence-corrected chi connectivity index (χ4v) is 3.75. The molecule has 7 nitrogen and oxygen atoms in total. The number of rotatable bonds is 5. The van der Waals surface area contributed by atoms with Crippen LogP contribution in [0.2, 0.25) is 0 Å². The van der Waals surface area contributed by atoms with E-state index in [9.17, 15) is 14.0 Å². The average Bonchev–Trinajstić information content (AvgIpc) is 3.40. The molecule has 148 valence electrons. The van der Waals surface area contributed by atoms with Gasteiger partial charge in [0.2, 0.25) is 0 Å². The Morgan fingerprint density at radius 3 is 2.76 bits per heavy atom. The molecular formula is C20H16FN3O4S. The topological polar surface area (TPSA) is 97.2 Å². The number of nitrogens with zero attached hydrogens (tertiary/aromatic N) is 1. The third-order valence-electron chi connectivity index (χ3n) is 4.31. The first kappa shape index (κ1) is 18.9. The van der Waals surface area contributed by atoms with Crippen molar-refractivity contribution in [1.29, 1.82) is 0 Å². The van der Waals surface area contributed by atoms with Crippen LogP contribution in [0, 0.1) is 5.82 Å². The van der Waals surface area contributed by atoms with Crippen molar-refractivity contribution in [2.45, 2.75) is 19.4 Å². The highest BCUT2D eigenvalue weighted by Gasteiger charge is 2.30. The highest BCUT2D eigenvalue weighted by molar-refractivity contribution is 7.20. The smallest absolute Gasteiger partial charge is 0.349 e. The number of furan rings is 1. The van der Waals surface area contributed by atoms with Gasteiger partial charge in [0.05, 0.1) is 11.6 Å². The Kier molecular flexibility index (Phi) is 4.67. The van der Waals surface area contributed by atoms with E-state index in [-0.39, 0.29) is 16.2 Å². The number of anilines is 1. The summed E-state index contributed by atoms with van der Waals surface area (Å²) >= 11 is 1.11. The van der Waals surface area contributed by atoms with Gasteiger partial charge in [-0.1, -0.05) is 18.2 Å². The molecule has 2 N–H and O–H groups in total. The molecule has 0 saturated carbocycles. The first-order valence-corrected chi connectivity index (χ1v) is 9.48. The van der Waals surface area contributed by atoms with Crippen molar-refractivity contribution in [1.82, 2.24) is 10.2 Å². The number of halogens is 1. The van der Waals surface area contributed by atoms with E-state index >= 15 is 0 Å². The number of carbonyl (C=O) groups is 2. The second kappa shape index (κ2) is 7.17. The SMILES string of the molecule is CC(C)(OC(=O)c1cc2c(NC(=O)c3ccco3)[nH]nc2s1)c1ccccc1F. The molecular weight excluding hydrogens is 397 g/mol. The lowest BCUT2D eigenvalue weighted by molar-refractivity contribution is -0.00396. The number of amides is 1. The van der Waals surface area contributed by atoms with Gasteiger partial charge in [-0.05, 0) is 38.1 Å². The summed E-state index contributed by atoms with van der Waals surface area (Å²) in [7, 11) is 0. The van der Waals surface area contributed by atoms with Crippen LogP contribution >= 0.6 is 11.3 Å². The van der Waals surface area contributed by atoms with Crippen molar-refractivity contribution in [3.63, 3.8) is 0 Å². The molecule has 1 aromatic carbocycles. The van der Waals surface area contributed by atoms with Crippen molar-refractivity contribution in [3.05, 3.63) is 70.7 Å². The van der Waals surface area contributed by atoms with Gasteiger partial charge in [0.1, 0.15) is 26.9 Å². The summed E-state index contributed by atoms with van der Waals surface area (Å²) < 4.78 is 24.7. The predicted octanol–water partition coefficient (Wildman–Crippen LogP) is 4.70. The number of fused-ring (bicyclic) bond motifs is 1. The maximum absolute atomic E-state index is 14.1. The summed E-state index contributed by atoms with van der Waals surface area (Å²) in [6, 6.07) is 10.9. The maximum atomic E-state index is 14.1. The molecule has 4 aromatic rings. The molecule has 0 fully saturated rings. The Labute approximate surface area is 168 Å². The van der Waals surface area contributed by atoms with Gasteiger partial charge >= 0.3 is 5.97 Å². The lowest BCUT2D eigenvalue weighted by atomic mass is 9.97. The Morgan fingerprint density at radius 2 is 2.03 bits per heavy atom. The van der Waals surface area contributed by atoms with Crippen molar-refractivity contribution < 1.29 is 23.1 Å². The van der Waals surface area contributed by atoms with Crippen LogP contribution in [0.15, 0.2) is 53.1 Å². The van der Waals surface area contributed by atoms with Crippen LogP contribution in [0.1, 0.15) is 39.6 Å². The molecule has 0 saturated heterocycles. The van der Waals surface area contributed by atoms with Crippen LogP contribution in [0.5, 0.6) is 0 Å². The fourth-order valence-electron chi connectivity index (χ4n) is 2.88. The number of hydrogen-bond donors (Lipinski definition) is 2. The van der Waals surface area contributed by atoms with E-state index in [0.29, 0.717) is 16.0 Å². The zero-order chi connectivity index (χ0) is 20.6. The Balaban J connectivity index is 1.55. The molecule has 29 heavy (non-hydrogen) atoms. The van der Waals surface area contributed by atoms with Crippen LogP contribution in [0.25, 0.3) is 10.2 Å². The molecule has 4 rings (SSSR count). The zero-order valence-corrected chi connectivity index (χ0v) is 16.3. The van der Waals surface area contributed by atoms with E-state index in [1.165, 1.54) is 18.4 Å². The van der Waals surface area contributed by atoms with Crippen LogP contribution in [0.4, 0.5) is 10.2 Å². The molecule has 3 aromatic heterocycles. The molecule has 0 spiro atoms. The molecule has 9 heteroatoms. The molecule has 3 heterocycles. The monoisotopic (exact) mass is 413 g/mol. The van der Waals surface area contributed by atoms with E-state index in [0.717, 1.165) is 11.3 Å². The minimum atomic E-state index is -1.16. The van der Waals surface area contributed by atoms with E-state index in [4.69, 9.17) is 9.15 Å². The van der Waals surface area contributed by atoms with E-state index < -0.39 is 23.3 Å². The van der Waals surface area contributed by atoms with Crippen LogP contribution in [-0.4, -0.2) is 22.1 Å². The number of benzene rings is 1. The van der Waals surface area contributed by atoms with Gasteiger partial charge in [0.25, 0.3) is 5.91 Å². The fraction of sp³-hybridized carbons (Fsp3) is 0.150. The quantitative estimate of drug-likeness (QED) is 0.462. The molecule has 0 radical (unpaired) electrons. The summed E-state index contributed by atoms with van der Waals surface area (Å²) in [5, 5.41) is 10.0. The Bertz CT molecular complexity index is 1190. The Morgan fingerprint density at radius 1 is 1.24 bits per heavy atom. The molecule has 0 aliphatic carbocycles. The molecule has 0 unspecified atom stereocenters. The second-order valence-electron chi connectivity index (χ2n) is 6.74. The van der Waals surface area contributed by atoms with E-state index in [1.807, 2.05) is 0 Å². The van der Waals surface area contributed by atoms with Crippen molar-refractivity contribution in [3.8, 4) is 0 Å². The minimum absolute atomic E-state index is 0.147. The third-order valence-corrected chi connectivity index (χ3v) is 5.32. The standard InChI is InChI=1S/C20H16FN3O4S/c1-20(2,12-6-3-4-7-13(12)21)28-19(26)15-10-11-16(23-24-18(11)29-15)22-17(25)14-8-5-9-27-14/h3-10H,1-2H3,(H2,22,23,24,25). The molecule has 0 aliphatic rings. The van der Waals surface area contributed by atoms with Gasteiger partial charge < -0.3 is 14.5 Å². The number of aromatic amines is 1. The van der Waals surface area contributed by atoms with Gasteiger partial charge in [-0.25, -0.2) is 9.18 Å². The second-order valence-corrected chi connectivity index (χ2v) is 7.77. The minimum Gasteiger partial charge on any atom is -0.459 e. The number of hydrogen-bond acceptors (Lipinski definition) is 6. The van der Waals surface area contributed by atoms with Crippen LogP contribution < -0.4 is 5.32 Å². The highest BCUT2D eigenvalue weighted by Crippen LogP contribution is 2.33. The maximum Gasteiger partial charge on any atom is 0.349 e. The number of esters is 1. The zero-order valence-electron chi connectivity index (χ0n) is 15.5. The van der Waals surface area contributed by atoms with Crippen LogP contribution in [-0.2, 0) is 10.3 Å². The number of carbonyl (C=O) groups excluding carboxylic acids is 2. The summed E-state index contributed by atoms with van der Waals surface area (Å²) in [5.74, 6) is -1.02. The predicted molar refractivity (Wildman–Crippen MR) is 105 cm³/mol. The average molecular weight is 413 g/mol. The highest BCUT2D eigenvalue weighted by atomic mass is 32.1. The van der Waals surface area contributed by atoms with Gasteiger partial charge in [-0.3, -0.25) is 9.89 Å². The number of ether oxygens (including phenoxy) is 1. The van der Waals surface area contributed by atoms with Gasteiger partial charge in [0.15, 0.2) is 5.76 Å². The number of nitrogens with one attached hydrogen (secondary N) is 2. The van der Waals surface area contributed by atoms with Gasteiger partial charge in [-0.15, -0.1) is 11.3 Å². The Hall–Kier alpha value is -3.46. The summed E-state index contributed by atoms with van der Waals surface area (Å²) in [5.41, 5.74) is -0.881. The van der Waals surface area contributed by atoms with Gasteiger partial charge in [-0.2, -0.15) is 5.10 Å². The molecule has 1 amide bonds. The number of aromatic nitrogens is 2. The third kappa shape index (κ3) is 3.64. The normalized spacial score (nSPS) is 11.6. The lowest BCUT2D eigenvalue weighted by Crippen LogP contribution is -2.26. The summed E-state index contributed by atoms with van der Waals surface area (Å²) in [6.45, 7) is 3.25. The first-order valence-electron chi connectivity index (χ1n) is 8.66. The summed E-state index contributed by atoms with van der Waals surface area (Å²) in [4.78, 5) is 25.6. The molecule has 0 bridgehead atoms. The number of H-pyrrole nitrogens is 1. The van der Waals surface area contributed by atoms with Crippen molar-refractivity contribution in [2.24, 2.45) is 0 Å².